The highest BCUT2D eigenvalue weighted by molar-refractivity contribution is 5.78. The number of halogens is 1. The summed E-state index contributed by atoms with van der Waals surface area (Å²) < 4.78 is 19.6. The van der Waals surface area contributed by atoms with E-state index in [0.29, 0.717) is 31.5 Å². The molecule has 29 heavy (non-hydrogen) atoms. The molecule has 1 amide bonds. The second kappa shape index (κ2) is 9.39. The molecule has 154 valence electrons. The number of benzene rings is 1. The van der Waals surface area contributed by atoms with Crippen LogP contribution in [0.1, 0.15) is 18.4 Å². The molecule has 2 aromatic rings. The molecule has 10 heteroatoms. The van der Waals surface area contributed by atoms with Gasteiger partial charge in [-0.3, -0.25) is 24.8 Å². The van der Waals surface area contributed by atoms with Crippen LogP contribution in [-0.2, 0) is 11.3 Å². The number of nitro groups is 1. The number of piperidine rings is 1. The fraction of sp³-hybridized carbons (Fsp3) is 0.368. The number of hydrogen-bond acceptors (Lipinski definition) is 7. The highest BCUT2D eigenvalue weighted by Gasteiger charge is 2.19. The molecule has 9 nitrogen and oxygen atoms in total. The van der Waals surface area contributed by atoms with Gasteiger partial charge in [-0.25, -0.2) is 4.39 Å². The minimum absolute atomic E-state index is 0.132. The predicted molar refractivity (Wildman–Crippen MR) is 101 cm³/mol. The third kappa shape index (κ3) is 5.69. The third-order valence-electron chi connectivity index (χ3n) is 4.61. The number of non-ortho nitro benzene ring substituents is 1. The number of ether oxygens (including phenoxy) is 1. The number of hydrogen-bond donors (Lipinski definition) is 2. The number of nitro benzene ring substituents is 1. The molecule has 0 bridgehead atoms. The minimum atomic E-state index is -0.863. The Bertz CT molecular complexity index is 887. The predicted octanol–water partition coefficient (Wildman–Crippen LogP) is 1.99. The molecular weight excluding hydrogens is 383 g/mol. The van der Waals surface area contributed by atoms with E-state index in [4.69, 9.17) is 4.74 Å². The van der Waals surface area contributed by atoms with Gasteiger partial charge >= 0.3 is 0 Å². The molecule has 3 rings (SSSR count). The SMILES string of the molecule is O=C(CN1CCC(O)CC1)NCc1cnccc1Oc1ccc([N+](=O)[O-])cc1F. The Labute approximate surface area is 166 Å². The maximum Gasteiger partial charge on any atom is 0.272 e. The molecule has 1 aliphatic heterocycles. The van der Waals surface area contributed by atoms with Crippen molar-refractivity contribution < 1.29 is 24.0 Å². The normalized spacial score (nSPS) is 15.1. The first-order valence-electron chi connectivity index (χ1n) is 9.14. The first kappa shape index (κ1) is 20.6. The monoisotopic (exact) mass is 404 g/mol. The fourth-order valence-electron chi connectivity index (χ4n) is 2.98. The second-order valence-corrected chi connectivity index (χ2v) is 6.74. The number of rotatable bonds is 7. The number of carbonyl (C=O) groups is 1. The molecule has 0 aliphatic carbocycles. The lowest BCUT2D eigenvalue weighted by molar-refractivity contribution is -0.385. The molecule has 0 spiro atoms. The van der Waals surface area contributed by atoms with Crippen LogP contribution < -0.4 is 10.1 Å². The summed E-state index contributed by atoms with van der Waals surface area (Å²) in [7, 11) is 0. The zero-order valence-electron chi connectivity index (χ0n) is 15.6. The van der Waals surface area contributed by atoms with Gasteiger partial charge in [0.1, 0.15) is 5.75 Å². The number of aliphatic hydroxyl groups is 1. The van der Waals surface area contributed by atoms with Crippen LogP contribution >= 0.6 is 0 Å². The summed E-state index contributed by atoms with van der Waals surface area (Å²) in [5.41, 5.74) is 0.162. The molecule has 1 saturated heterocycles. The van der Waals surface area contributed by atoms with E-state index < -0.39 is 10.7 Å². The second-order valence-electron chi connectivity index (χ2n) is 6.74. The molecule has 1 aromatic carbocycles. The van der Waals surface area contributed by atoms with E-state index in [1.165, 1.54) is 24.5 Å². The first-order chi connectivity index (χ1) is 13.9. The van der Waals surface area contributed by atoms with Crippen LogP contribution in [0.3, 0.4) is 0 Å². The van der Waals surface area contributed by atoms with E-state index in [-0.39, 0.29) is 42.3 Å². The average Bonchev–Trinajstić information content (AvgIpc) is 2.70. The highest BCUT2D eigenvalue weighted by Crippen LogP contribution is 2.29. The Kier molecular flexibility index (Phi) is 6.68. The van der Waals surface area contributed by atoms with Crippen molar-refractivity contribution >= 4 is 11.6 Å². The molecule has 1 aliphatic rings. The van der Waals surface area contributed by atoms with Gasteiger partial charge in [-0.1, -0.05) is 0 Å². The summed E-state index contributed by atoms with van der Waals surface area (Å²) >= 11 is 0. The smallest absolute Gasteiger partial charge is 0.272 e. The van der Waals surface area contributed by atoms with E-state index in [1.54, 1.807) is 0 Å². The Morgan fingerprint density at radius 2 is 2.10 bits per heavy atom. The number of pyridine rings is 1. The summed E-state index contributed by atoms with van der Waals surface area (Å²) in [4.78, 5) is 28.2. The number of nitrogens with zero attached hydrogens (tertiary/aromatic N) is 3. The number of aromatic nitrogens is 1. The number of carbonyl (C=O) groups excluding carboxylic acids is 1. The molecular formula is C19H21FN4O5. The molecule has 2 N–H and O–H groups in total. The van der Waals surface area contributed by atoms with Crippen LogP contribution in [0.5, 0.6) is 11.5 Å². The van der Waals surface area contributed by atoms with Crippen LogP contribution in [0.4, 0.5) is 10.1 Å². The summed E-state index contributed by atoms with van der Waals surface area (Å²) in [5.74, 6) is -0.925. The summed E-state index contributed by atoms with van der Waals surface area (Å²) in [6.45, 7) is 1.68. The quantitative estimate of drug-likeness (QED) is 0.535. The zero-order valence-corrected chi connectivity index (χ0v) is 15.6. The van der Waals surface area contributed by atoms with Gasteiger partial charge < -0.3 is 15.2 Å². The molecule has 2 heterocycles. The van der Waals surface area contributed by atoms with E-state index in [0.717, 1.165) is 12.1 Å². The zero-order chi connectivity index (χ0) is 20.8. The summed E-state index contributed by atoms with van der Waals surface area (Å²) in [6.07, 6.45) is 3.95. The Morgan fingerprint density at radius 3 is 2.79 bits per heavy atom. The van der Waals surface area contributed by atoms with Gasteiger partial charge in [-0.2, -0.15) is 0 Å². The maximum absolute atomic E-state index is 14.1. The number of likely N-dealkylation sites (tertiary alicyclic amines) is 1. The van der Waals surface area contributed by atoms with Crippen molar-refractivity contribution in [3.63, 3.8) is 0 Å². The Morgan fingerprint density at radius 1 is 1.34 bits per heavy atom. The summed E-state index contributed by atoms with van der Waals surface area (Å²) in [5, 5.41) is 23.0. The van der Waals surface area contributed by atoms with Crippen molar-refractivity contribution in [1.82, 2.24) is 15.2 Å². The lowest BCUT2D eigenvalue weighted by Crippen LogP contribution is -2.42. The van der Waals surface area contributed by atoms with Gasteiger partial charge in [0.25, 0.3) is 5.69 Å². The van der Waals surface area contributed by atoms with Crippen LogP contribution in [-0.4, -0.2) is 51.6 Å². The molecule has 0 radical (unpaired) electrons. The van der Waals surface area contributed by atoms with Crippen molar-refractivity contribution in [2.24, 2.45) is 0 Å². The van der Waals surface area contributed by atoms with Crippen molar-refractivity contribution in [3.05, 3.63) is 58.2 Å². The number of aliphatic hydroxyl groups excluding tert-OH is 1. The lowest BCUT2D eigenvalue weighted by Gasteiger charge is -2.28. The van der Waals surface area contributed by atoms with E-state index in [9.17, 15) is 24.4 Å². The van der Waals surface area contributed by atoms with Crippen LogP contribution in [0.15, 0.2) is 36.7 Å². The lowest BCUT2D eigenvalue weighted by atomic mass is 10.1. The standard InChI is InChI=1S/C19H21FN4O5/c20-16-9-14(24(27)28)1-2-18(16)29-17-3-6-21-10-13(17)11-22-19(26)12-23-7-4-15(25)5-8-23/h1-3,6,9-10,15,25H,4-5,7-8,11-12H2,(H,22,26). The number of nitrogens with one attached hydrogen (secondary N) is 1. The van der Waals surface area contributed by atoms with Crippen molar-refractivity contribution in [3.8, 4) is 11.5 Å². The first-order valence-corrected chi connectivity index (χ1v) is 9.14. The Balaban J connectivity index is 1.60. The average molecular weight is 404 g/mol. The van der Waals surface area contributed by atoms with Gasteiger partial charge in [0.2, 0.25) is 5.91 Å². The number of amides is 1. The maximum atomic E-state index is 14.1. The van der Waals surface area contributed by atoms with Gasteiger partial charge in [0.05, 0.1) is 23.6 Å². The minimum Gasteiger partial charge on any atom is -0.454 e. The fourth-order valence-corrected chi connectivity index (χ4v) is 2.98. The van der Waals surface area contributed by atoms with E-state index >= 15 is 0 Å². The highest BCUT2D eigenvalue weighted by atomic mass is 19.1. The van der Waals surface area contributed by atoms with Gasteiger partial charge in [0, 0.05) is 43.7 Å². The molecule has 0 unspecified atom stereocenters. The van der Waals surface area contributed by atoms with Crippen molar-refractivity contribution in [1.29, 1.82) is 0 Å². The van der Waals surface area contributed by atoms with Gasteiger partial charge in [-0.15, -0.1) is 0 Å². The molecule has 0 saturated carbocycles. The van der Waals surface area contributed by atoms with Crippen LogP contribution in [0.2, 0.25) is 0 Å². The van der Waals surface area contributed by atoms with Crippen LogP contribution in [0.25, 0.3) is 0 Å². The topological polar surface area (TPSA) is 118 Å². The van der Waals surface area contributed by atoms with E-state index in [1.807, 2.05) is 4.90 Å². The van der Waals surface area contributed by atoms with Crippen molar-refractivity contribution in [2.75, 3.05) is 19.6 Å². The summed E-state index contributed by atoms with van der Waals surface area (Å²) in [6, 6.07) is 4.64. The van der Waals surface area contributed by atoms with E-state index in [2.05, 4.69) is 10.3 Å². The molecule has 1 fully saturated rings. The Hall–Kier alpha value is -3.11. The van der Waals surface area contributed by atoms with Crippen molar-refractivity contribution in [2.45, 2.75) is 25.5 Å². The molecule has 0 atom stereocenters. The largest absolute Gasteiger partial charge is 0.454 e. The third-order valence-corrected chi connectivity index (χ3v) is 4.61. The van der Waals surface area contributed by atoms with Crippen LogP contribution in [0, 0.1) is 15.9 Å². The molecule has 1 aromatic heterocycles. The van der Waals surface area contributed by atoms with Gasteiger partial charge in [-0.05, 0) is 25.0 Å². The van der Waals surface area contributed by atoms with Gasteiger partial charge in [0.15, 0.2) is 11.6 Å².